The number of likely N-dealkylation sites (tertiary alicyclic amines) is 1. The number of anilines is 1. The van der Waals surface area contributed by atoms with E-state index in [1.165, 1.54) is 30.3 Å². The fourth-order valence-corrected chi connectivity index (χ4v) is 4.04. The molecule has 0 atom stereocenters. The summed E-state index contributed by atoms with van der Waals surface area (Å²) in [6.07, 6.45) is 5.22. The van der Waals surface area contributed by atoms with Gasteiger partial charge in [0.2, 0.25) is 0 Å². The second-order valence-electron chi connectivity index (χ2n) is 4.67. The minimum atomic E-state index is -3.67. The van der Waals surface area contributed by atoms with Crippen LogP contribution in [0.3, 0.4) is 0 Å². The van der Waals surface area contributed by atoms with Crippen LogP contribution in [0.25, 0.3) is 0 Å². The molecule has 7 heteroatoms. The first kappa shape index (κ1) is 15.2. The molecule has 1 heterocycles. The summed E-state index contributed by atoms with van der Waals surface area (Å²) < 4.78 is 28.6. The Morgan fingerprint density at radius 3 is 2.35 bits per heavy atom. The third kappa shape index (κ3) is 3.67. The molecule has 1 aliphatic rings. The lowest BCUT2D eigenvalue weighted by Gasteiger charge is -2.28. The number of hydrogen-bond acceptors (Lipinski definition) is 4. The van der Waals surface area contributed by atoms with Crippen molar-refractivity contribution in [1.29, 1.82) is 0 Å². The SMILES string of the molecule is CS/C(=N\S(=O)(=O)c1ccc(N)cc1)N1CCCCC1. The molecule has 1 fully saturated rings. The Balaban J connectivity index is 2.27. The molecule has 1 aromatic rings. The maximum absolute atomic E-state index is 12.3. The van der Waals surface area contributed by atoms with Gasteiger partial charge in [-0.05, 0) is 49.8 Å². The molecule has 0 spiro atoms. The zero-order valence-electron chi connectivity index (χ0n) is 11.4. The lowest BCUT2D eigenvalue weighted by atomic mass is 10.1. The van der Waals surface area contributed by atoms with Gasteiger partial charge >= 0.3 is 0 Å². The van der Waals surface area contributed by atoms with Crippen molar-refractivity contribution in [3.8, 4) is 0 Å². The summed E-state index contributed by atoms with van der Waals surface area (Å²) in [4.78, 5) is 2.22. The van der Waals surface area contributed by atoms with Crippen LogP contribution in [0.1, 0.15) is 19.3 Å². The Kier molecular flexibility index (Phi) is 4.93. The smallest absolute Gasteiger partial charge is 0.284 e. The maximum atomic E-state index is 12.3. The molecule has 0 amide bonds. The quantitative estimate of drug-likeness (QED) is 0.514. The highest BCUT2D eigenvalue weighted by atomic mass is 32.2. The lowest BCUT2D eigenvalue weighted by Crippen LogP contribution is -2.34. The van der Waals surface area contributed by atoms with Crippen molar-refractivity contribution < 1.29 is 8.42 Å². The second-order valence-corrected chi connectivity index (χ2v) is 7.05. The Bertz CT molecular complexity index is 576. The van der Waals surface area contributed by atoms with E-state index in [4.69, 9.17) is 5.73 Å². The van der Waals surface area contributed by atoms with Crippen LogP contribution in [0, 0.1) is 0 Å². The van der Waals surface area contributed by atoms with Crippen molar-refractivity contribution in [2.75, 3.05) is 25.1 Å². The first-order valence-corrected chi connectivity index (χ1v) is 9.19. The van der Waals surface area contributed by atoms with E-state index in [9.17, 15) is 8.42 Å². The van der Waals surface area contributed by atoms with Crippen LogP contribution >= 0.6 is 11.8 Å². The van der Waals surface area contributed by atoms with Crippen LogP contribution in [-0.4, -0.2) is 37.8 Å². The predicted octanol–water partition coefficient (Wildman–Crippen LogP) is 2.16. The van der Waals surface area contributed by atoms with E-state index in [1.54, 1.807) is 12.1 Å². The maximum Gasteiger partial charge on any atom is 0.284 e. The second kappa shape index (κ2) is 6.49. The summed E-state index contributed by atoms with van der Waals surface area (Å²) in [6.45, 7) is 1.74. The number of thioether (sulfide) groups is 1. The number of rotatable bonds is 2. The van der Waals surface area contributed by atoms with Crippen molar-refractivity contribution in [3.05, 3.63) is 24.3 Å². The molecule has 5 nitrogen and oxygen atoms in total. The van der Waals surface area contributed by atoms with Gasteiger partial charge in [0.05, 0.1) is 4.90 Å². The van der Waals surface area contributed by atoms with E-state index in [2.05, 4.69) is 4.40 Å². The minimum Gasteiger partial charge on any atom is -0.399 e. The van der Waals surface area contributed by atoms with Gasteiger partial charge in [-0.15, -0.1) is 4.40 Å². The number of nitrogens with zero attached hydrogens (tertiary/aromatic N) is 2. The zero-order chi connectivity index (χ0) is 14.6. The van der Waals surface area contributed by atoms with Crippen LogP contribution in [0.4, 0.5) is 5.69 Å². The molecule has 0 bridgehead atoms. The molecule has 0 saturated carbocycles. The van der Waals surface area contributed by atoms with Crippen molar-refractivity contribution in [2.24, 2.45) is 4.40 Å². The van der Waals surface area contributed by atoms with Gasteiger partial charge in [-0.1, -0.05) is 11.8 Å². The minimum absolute atomic E-state index is 0.176. The predicted molar refractivity (Wildman–Crippen MR) is 84.4 cm³/mol. The third-order valence-electron chi connectivity index (χ3n) is 3.19. The number of nitrogens with two attached hydrogens (primary N) is 1. The largest absolute Gasteiger partial charge is 0.399 e. The van der Waals surface area contributed by atoms with E-state index in [1.807, 2.05) is 11.2 Å². The third-order valence-corrected chi connectivity index (χ3v) is 5.30. The first-order valence-electron chi connectivity index (χ1n) is 6.52. The van der Waals surface area contributed by atoms with Crippen molar-refractivity contribution in [3.63, 3.8) is 0 Å². The lowest BCUT2D eigenvalue weighted by molar-refractivity contribution is 0.348. The molecule has 0 unspecified atom stereocenters. The molecule has 0 radical (unpaired) electrons. The molecule has 20 heavy (non-hydrogen) atoms. The number of sulfonamides is 1. The summed E-state index contributed by atoms with van der Waals surface area (Å²) in [5, 5.41) is 0.571. The molecule has 2 rings (SSSR count). The molecule has 1 saturated heterocycles. The molecule has 0 aromatic heterocycles. The summed E-state index contributed by atoms with van der Waals surface area (Å²) in [7, 11) is -3.67. The average molecular weight is 313 g/mol. The number of amidine groups is 1. The molecule has 0 aliphatic carbocycles. The van der Waals surface area contributed by atoms with E-state index in [0.29, 0.717) is 10.9 Å². The van der Waals surface area contributed by atoms with Gasteiger partial charge in [-0.2, -0.15) is 8.42 Å². The summed E-state index contributed by atoms with van der Waals surface area (Å²) in [5.74, 6) is 0. The van der Waals surface area contributed by atoms with Crippen LogP contribution in [0.5, 0.6) is 0 Å². The summed E-state index contributed by atoms with van der Waals surface area (Å²) in [6, 6.07) is 6.12. The Morgan fingerprint density at radius 1 is 1.20 bits per heavy atom. The van der Waals surface area contributed by atoms with Gasteiger partial charge in [0.25, 0.3) is 10.0 Å². The Hall–Kier alpha value is -1.21. The van der Waals surface area contributed by atoms with E-state index in [-0.39, 0.29) is 4.90 Å². The van der Waals surface area contributed by atoms with Crippen LogP contribution < -0.4 is 5.73 Å². The monoisotopic (exact) mass is 313 g/mol. The van der Waals surface area contributed by atoms with E-state index >= 15 is 0 Å². The Labute approximate surface area is 124 Å². The average Bonchev–Trinajstić information content (AvgIpc) is 2.46. The fraction of sp³-hybridized carbons (Fsp3) is 0.462. The first-order chi connectivity index (χ1) is 9.53. The topological polar surface area (TPSA) is 75.8 Å². The van der Waals surface area contributed by atoms with Gasteiger partial charge < -0.3 is 10.6 Å². The number of hydrogen-bond donors (Lipinski definition) is 1. The van der Waals surface area contributed by atoms with Crippen LogP contribution in [0.15, 0.2) is 33.6 Å². The van der Waals surface area contributed by atoms with Crippen molar-refractivity contribution in [1.82, 2.24) is 4.90 Å². The van der Waals surface area contributed by atoms with E-state index in [0.717, 1.165) is 25.9 Å². The number of benzene rings is 1. The standard InChI is InChI=1S/C13H19N3O2S2/c1-19-13(16-9-3-2-4-10-16)15-20(17,18)12-7-5-11(14)6-8-12/h5-8H,2-4,9-10,14H2,1H3/b15-13-. The highest BCUT2D eigenvalue weighted by Gasteiger charge is 2.19. The fourth-order valence-electron chi connectivity index (χ4n) is 2.10. The van der Waals surface area contributed by atoms with Crippen molar-refractivity contribution in [2.45, 2.75) is 24.2 Å². The molecule has 1 aromatic carbocycles. The number of nitrogen functional groups attached to an aromatic ring is 1. The molecule has 110 valence electrons. The highest BCUT2D eigenvalue weighted by Crippen LogP contribution is 2.19. The summed E-state index contributed by atoms with van der Waals surface area (Å²) >= 11 is 1.37. The highest BCUT2D eigenvalue weighted by molar-refractivity contribution is 8.13. The molecule has 2 N–H and O–H groups in total. The molecular weight excluding hydrogens is 294 g/mol. The number of piperidine rings is 1. The zero-order valence-corrected chi connectivity index (χ0v) is 13.1. The van der Waals surface area contributed by atoms with E-state index < -0.39 is 10.0 Å². The van der Waals surface area contributed by atoms with Gasteiger partial charge in [-0.3, -0.25) is 0 Å². The van der Waals surface area contributed by atoms with Gasteiger partial charge in [0.15, 0.2) is 5.17 Å². The summed E-state index contributed by atoms with van der Waals surface area (Å²) in [5.41, 5.74) is 6.11. The Morgan fingerprint density at radius 2 is 1.80 bits per heavy atom. The van der Waals surface area contributed by atoms with Gasteiger partial charge in [0, 0.05) is 18.8 Å². The molecular formula is C13H19N3O2S2. The van der Waals surface area contributed by atoms with Gasteiger partial charge in [0.1, 0.15) is 0 Å². The normalized spacial score (nSPS) is 17.2. The van der Waals surface area contributed by atoms with Crippen LogP contribution in [-0.2, 0) is 10.0 Å². The van der Waals surface area contributed by atoms with Gasteiger partial charge in [-0.25, -0.2) is 0 Å². The van der Waals surface area contributed by atoms with Crippen LogP contribution in [0.2, 0.25) is 0 Å². The molecule has 1 aliphatic heterocycles. The van der Waals surface area contributed by atoms with Crippen molar-refractivity contribution >= 4 is 32.6 Å².